The smallest absolute Gasteiger partial charge is 0.248 e. The number of carbonyl (C=O) groups is 2. The molecular formula is C24H20Cl2N2O2. The van der Waals surface area contributed by atoms with Crippen LogP contribution in [-0.4, -0.2) is 23.3 Å². The van der Waals surface area contributed by atoms with Gasteiger partial charge < -0.3 is 10.2 Å². The van der Waals surface area contributed by atoms with Gasteiger partial charge in [0.25, 0.3) is 0 Å². The predicted molar refractivity (Wildman–Crippen MR) is 118 cm³/mol. The number of nitrogens with zero attached hydrogens (tertiary/aromatic N) is 1. The van der Waals surface area contributed by atoms with Crippen LogP contribution < -0.4 is 5.32 Å². The molecule has 3 aromatic rings. The Labute approximate surface area is 185 Å². The summed E-state index contributed by atoms with van der Waals surface area (Å²) in [5, 5.41) is 4.28. The van der Waals surface area contributed by atoms with Gasteiger partial charge in [-0.25, -0.2) is 0 Å². The molecule has 30 heavy (non-hydrogen) atoms. The highest BCUT2D eigenvalue weighted by Crippen LogP contribution is 2.32. The zero-order valence-corrected chi connectivity index (χ0v) is 17.6. The molecule has 0 radical (unpaired) electrons. The third-order valence-corrected chi connectivity index (χ3v) is 5.86. The van der Waals surface area contributed by atoms with E-state index in [1.165, 1.54) is 0 Å². The van der Waals surface area contributed by atoms with Crippen LogP contribution in [-0.2, 0) is 9.59 Å². The van der Waals surface area contributed by atoms with Crippen molar-refractivity contribution >= 4 is 35.0 Å². The summed E-state index contributed by atoms with van der Waals surface area (Å²) in [7, 11) is 0. The van der Waals surface area contributed by atoms with Crippen molar-refractivity contribution in [3.05, 3.63) is 106 Å². The van der Waals surface area contributed by atoms with Gasteiger partial charge in [0.05, 0.1) is 6.04 Å². The third kappa shape index (κ3) is 4.20. The molecule has 1 aliphatic rings. The van der Waals surface area contributed by atoms with E-state index in [-0.39, 0.29) is 11.8 Å². The van der Waals surface area contributed by atoms with E-state index in [0.717, 1.165) is 16.7 Å². The van der Waals surface area contributed by atoms with E-state index in [0.29, 0.717) is 23.0 Å². The average molecular weight is 439 g/mol. The second kappa shape index (κ2) is 8.90. The molecule has 1 N–H and O–H groups in total. The van der Waals surface area contributed by atoms with Crippen LogP contribution in [0, 0.1) is 0 Å². The number of β-lactam (4-membered cyclic amide) rings is 1. The lowest BCUT2D eigenvalue weighted by Gasteiger charge is -2.38. The van der Waals surface area contributed by atoms with Crippen molar-refractivity contribution in [1.29, 1.82) is 0 Å². The minimum absolute atomic E-state index is 0.0280. The van der Waals surface area contributed by atoms with Crippen molar-refractivity contribution in [3.8, 4) is 0 Å². The molecule has 0 unspecified atom stereocenters. The van der Waals surface area contributed by atoms with Gasteiger partial charge in [-0.15, -0.1) is 0 Å². The first-order valence-electron chi connectivity index (χ1n) is 9.69. The van der Waals surface area contributed by atoms with Gasteiger partial charge in [-0.1, -0.05) is 83.9 Å². The molecule has 1 saturated heterocycles. The van der Waals surface area contributed by atoms with Gasteiger partial charge in [-0.2, -0.15) is 0 Å². The maximum Gasteiger partial charge on any atom is 0.248 e. The Morgan fingerprint density at radius 3 is 2.13 bits per heavy atom. The molecule has 1 fully saturated rings. The highest BCUT2D eigenvalue weighted by Gasteiger charge is 2.37. The molecule has 2 atom stereocenters. The summed E-state index contributed by atoms with van der Waals surface area (Å²) < 4.78 is 0. The van der Waals surface area contributed by atoms with Crippen LogP contribution in [0.1, 0.15) is 35.2 Å². The van der Waals surface area contributed by atoms with Gasteiger partial charge in [-0.05, 0) is 34.9 Å². The SMILES string of the molecule is O=C(N[C@H](c1ccc(Cl)cc1)c1ccccc1Cl)[C@@H](c1ccccc1)N1CCC1=O. The van der Waals surface area contributed by atoms with Gasteiger partial charge in [0.2, 0.25) is 11.8 Å². The molecule has 0 aliphatic carbocycles. The zero-order valence-electron chi connectivity index (χ0n) is 16.1. The Bertz CT molecular complexity index is 1050. The first-order chi connectivity index (χ1) is 14.5. The van der Waals surface area contributed by atoms with Gasteiger partial charge in [0, 0.05) is 23.0 Å². The second-order valence-electron chi connectivity index (χ2n) is 7.17. The average Bonchev–Trinajstić information content (AvgIpc) is 2.76. The minimum Gasteiger partial charge on any atom is -0.343 e. The fraction of sp³-hybridized carbons (Fsp3) is 0.167. The van der Waals surface area contributed by atoms with Crippen molar-refractivity contribution < 1.29 is 9.59 Å². The standard InChI is InChI=1S/C24H20Cl2N2O2/c25-18-12-10-16(11-13-18)22(19-8-4-5-9-20(19)26)27-24(30)23(28-15-14-21(28)29)17-6-2-1-3-7-17/h1-13,22-23H,14-15H2,(H,27,30)/t22-,23-/m1/s1. The van der Waals surface area contributed by atoms with Crippen LogP contribution in [0.3, 0.4) is 0 Å². The van der Waals surface area contributed by atoms with Crippen molar-refractivity contribution in [3.63, 3.8) is 0 Å². The monoisotopic (exact) mass is 438 g/mol. The molecular weight excluding hydrogens is 419 g/mol. The number of halogens is 2. The number of benzene rings is 3. The largest absolute Gasteiger partial charge is 0.343 e. The zero-order chi connectivity index (χ0) is 21.1. The first kappa shape index (κ1) is 20.5. The topological polar surface area (TPSA) is 49.4 Å². The lowest BCUT2D eigenvalue weighted by Crippen LogP contribution is -2.51. The van der Waals surface area contributed by atoms with Crippen LogP contribution in [0.5, 0.6) is 0 Å². The number of hydrogen-bond acceptors (Lipinski definition) is 2. The molecule has 0 bridgehead atoms. The normalized spacial score (nSPS) is 15.3. The molecule has 0 aromatic heterocycles. The summed E-state index contributed by atoms with van der Waals surface area (Å²) in [4.78, 5) is 27.3. The van der Waals surface area contributed by atoms with Gasteiger partial charge in [-0.3, -0.25) is 9.59 Å². The summed E-state index contributed by atoms with van der Waals surface area (Å²) in [5.41, 5.74) is 2.40. The number of hydrogen-bond donors (Lipinski definition) is 1. The molecule has 3 aromatic carbocycles. The van der Waals surface area contributed by atoms with Crippen LogP contribution in [0.25, 0.3) is 0 Å². The molecule has 1 heterocycles. The maximum absolute atomic E-state index is 13.5. The number of amides is 2. The molecule has 0 saturated carbocycles. The van der Waals surface area contributed by atoms with Crippen molar-refractivity contribution in [1.82, 2.24) is 10.2 Å². The molecule has 4 rings (SSSR count). The number of rotatable bonds is 6. The van der Waals surface area contributed by atoms with E-state index in [1.807, 2.05) is 60.7 Å². The minimum atomic E-state index is -0.690. The van der Waals surface area contributed by atoms with Gasteiger partial charge in [0.1, 0.15) is 6.04 Å². The van der Waals surface area contributed by atoms with Crippen molar-refractivity contribution in [2.75, 3.05) is 6.54 Å². The Balaban J connectivity index is 1.70. The quantitative estimate of drug-likeness (QED) is 0.539. The number of likely N-dealkylation sites (tertiary alicyclic amines) is 1. The number of carbonyl (C=O) groups excluding carboxylic acids is 2. The van der Waals surface area contributed by atoms with Crippen LogP contribution in [0.4, 0.5) is 0 Å². The molecule has 1 aliphatic heterocycles. The molecule has 2 amide bonds. The van der Waals surface area contributed by atoms with Gasteiger partial charge >= 0.3 is 0 Å². The summed E-state index contributed by atoms with van der Waals surface area (Å²) in [6, 6.07) is 22.9. The van der Waals surface area contributed by atoms with Gasteiger partial charge in [0.15, 0.2) is 0 Å². The Kier molecular flexibility index (Phi) is 6.07. The summed E-state index contributed by atoms with van der Waals surface area (Å²) in [6.07, 6.45) is 0.460. The summed E-state index contributed by atoms with van der Waals surface area (Å²) in [6.45, 7) is 0.559. The Morgan fingerprint density at radius 2 is 1.53 bits per heavy atom. The van der Waals surface area contributed by atoms with E-state index in [1.54, 1.807) is 23.1 Å². The predicted octanol–water partition coefficient (Wildman–Crippen LogP) is 5.17. The molecule has 0 spiro atoms. The summed E-state index contributed by atoms with van der Waals surface area (Å²) >= 11 is 12.5. The van der Waals surface area contributed by atoms with E-state index < -0.39 is 12.1 Å². The molecule has 152 valence electrons. The van der Waals surface area contributed by atoms with E-state index >= 15 is 0 Å². The van der Waals surface area contributed by atoms with E-state index in [2.05, 4.69) is 5.32 Å². The molecule has 4 nitrogen and oxygen atoms in total. The lowest BCUT2D eigenvalue weighted by molar-refractivity contribution is -0.149. The van der Waals surface area contributed by atoms with Crippen LogP contribution >= 0.6 is 23.2 Å². The van der Waals surface area contributed by atoms with Crippen LogP contribution in [0.15, 0.2) is 78.9 Å². The molecule has 6 heteroatoms. The van der Waals surface area contributed by atoms with Crippen molar-refractivity contribution in [2.24, 2.45) is 0 Å². The second-order valence-corrected chi connectivity index (χ2v) is 8.01. The maximum atomic E-state index is 13.5. The fourth-order valence-corrected chi connectivity index (χ4v) is 4.01. The van der Waals surface area contributed by atoms with Crippen LogP contribution in [0.2, 0.25) is 10.0 Å². The van der Waals surface area contributed by atoms with E-state index in [4.69, 9.17) is 23.2 Å². The van der Waals surface area contributed by atoms with Crippen molar-refractivity contribution in [2.45, 2.75) is 18.5 Å². The Morgan fingerprint density at radius 1 is 0.867 bits per heavy atom. The Hall–Kier alpha value is -2.82. The first-order valence-corrected chi connectivity index (χ1v) is 10.4. The highest BCUT2D eigenvalue weighted by molar-refractivity contribution is 6.31. The fourth-order valence-electron chi connectivity index (χ4n) is 3.64. The third-order valence-electron chi connectivity index (χ3n) is 5.27. The highest BCUT2D eigenvalue weighted by atomic mass is 35.5. The summed E-state index contributed by atoms with van der Waals surface area (Å²) in [5.74, 6) is -0.283. The number of nitrogens with one attached hydrogen (secondary N) is 1. The van der Waals surface area contributed by atoms with E-state index in [9.17, 15) is 9.59 Å². The lowest BCUT2D eigenvalue weighted by atomic mass is 9.96.